The third-order valence-corrected chi connectivity index (χ3v) is 5.32. The van der Waals surface area contributed by atoms with Gasteiger partial charge >= 0.3 is 0 Å². The summed E-state index contributed by atoms with van der Waals surface area (Å²) in [4.78, 5) is 14.2. The van der Waals surface area contributed by atoms with Crippen molar-refractivity contribution in [2.75, 3.05) is 37.0 Å². The molecule has 2 fully saturated rings. The molecule has 0 bridgehead atoms. The van der Waals surface area contributed by atoms with E-state index in [0.717, 1.165) is 44.0 Å². The van der Waals surface area contributed by atoms with Crippen molar-refractivity contribution in [3.63, 3.8) is 0 Å². The third kappa shape index (κ3) is 4.17. The van der Waals surface area contributed by atoms with Crippen LogP contribution in [0.25, 0.3) is 0 Å². The summed E-state index contributed by atoms with van der Waals surface area (Å²) >= 11 is 1.46. The highest BCUT2D eigenvalue weighted by molar-refractivity contribution is 7.99. The molecular formula is C15H25N5O2S. The van der Waals surface area contributed by atoms with Crippen LogP contribution in [0.2, 0.25) is 0 Å². The van der Waals surface area contributed by atoms with E-state index in [-0.39, 0.29) is 11.9 Å². The van der Waals surface area contributed by atoms with Crippen LogP contribution >= 0.6 is 11.8 Å². The van der Waals surface area contributed by atoms with E-state index in [1.165, 1.54) is 24.6 Å². The molecule has 0 radical (unpaired) electrons. The van der Waals surface area contributed by atoms with Gasteiger partial charge < -0.3 is 15.0 Å². The van der Waals surface area contributed by atoms with Gasteiger partial charge in [0, 0.05) is 25.7 Å². The Labute approximate surface area is 141 Å². The maximum Gasteiger partial charge on any atom is 0.230 e. The zero-order valence-electron chi connectivity index (χ0n) is 13.8. The van der Waals surface area contributed by atoms with Crippen LogP contribution in [0, 0.1) is 5.92 Å². The SMILES string of the molecule is CCn1c(SCC(=O)N[C@H](C)C2CC2)nnc1N1CCOCC1. The van der Waals surface area contributed by atoms with Crippen LogP contribution in [0.3, 0.4) is 0 Å². The first-order valence-corrected chi connectivity index (χ1v) is 9.35. The van der Waals surface area contributed by atoms with E-state index >= 15 is 0 Å². The summed E-state index contributed by atoms with van der Waals surface area (Å²) < 4.78 is 7.46. The van der Waals surface area contributed by atoms with Gasteiger partial charge in [0.1, 0.15) is 0 Å². The topological polar surface area (TPSA) is 72.3 Å². The quantitative estimate of drug-likeness (QED) is 0.751. The lowest BCUT2D eigenvalue weighted by Crippen LogP contribution is -2.38. The molecule has 0 unspecified atom stereocenters. The maximum atomic E-state index is 12.1. The minimum Gasteiger partial charge on any atom is -0.378 e. The molecule has 1 saturated heterocycles. The predicted molar refractivity (Wildman–Crippen MR) is 89.8 cm³/mol. The molecule has 128 valence electrons. The smallest absolute Gasteiger partial charge is 0.230 e. The molecule has 0 aromatic carbocycles. The largest absolute Gasteiger partial charge is 0.378 e. The van der Waals surface area contributed by atoms with Gasteiger partial charge in [-0.15, -0.1) is 10.2 Å². The van der Waals surface area contributed by atoms with Crippen LogP contribution in [-0.4, -0.2) is 58.8 Å². The molecule has 2 heterocycles. The zero-order valence-corrected chi connectivity index (χ0v) is 14.6. The van der Waals surface area contributed by atoms with E-state index in [0.29, 0.717) is 11.7 Å². The highest BCUT2D eigenvalue weighted by Crippen LogP contribution is 2.32. The van der Waals surface area contributed by atoms with E-state index < -0.39 is 0 Å². The van der Waals surface area contributed by atoms with Crippen LogP contribution in [0.4, 0.5) is 5.95 Å². The third-order valence-electron chi connectivity index (χ3n) is 4.36. The Morgan fingerprint density at radius 2 is 2.13 bits per heavy atom. The van der Waals surface area contributed by atoms with Gasteiger partial charge in [-0.25, -0.2) is 0 Å². The summed E-state index contributed by atoms with van der Waals surface area (Å²) in [6, 6.07) is 0.288. The van der Waals surface area contributed by atoms with Crippen molar-refractivity contribution < 1.29 is 9.53 Å². The predicted octanol–water partition coefficient (Wildman–Crippen LogP) is 1.14. The molecular weight excluding hydrogens is 314 g/mol. The molecule has 0 spiro atoms. The minimum absolute atomic E-state index is 0.0768. The van der Waals surface area contributed by atoms with Crippen LogP contribution < -0.4 is 10.2 Å². The summed E-state index contributed by atoms with van der Waals surface area (Å²) in [5, 5.41) is 12.5. The summed E-state index contributed by atoms with van der Waals surface area (Å²) in [6.07, 6.45) is 2.48. The lowest BCUT2D eigenvalue weighted by molar-refractivity contribution is -0.119. The van der Waals surface area contributed by atoms with Crippen molar-refractivity contribution in [2.24, 2.45) is 5.92 Å². The Balaban J connectivity index is 1.56. The van der Waals surface area contributed by atoms with Crippen LogP contribution in [0.5, 0.6) is 0 Å². The monoisotopic (exact) mass is 339 g/mol. The molecule has 2 aliphatic rings. The van der Waals surface area contributed by atoms with Gasteiger partial charge in [-0.05, 0) is 32.6 Å². The molecule has 23 heavy (non-hydrogen) atoms. The summed E-state index contributed by atoms with van der Waals surface area (Å²) in [5.74, 6) is 2.02. The van der Waals surface area contributed by atoms with Crippen molar-refractivity contribution in [1.82, 2.24) is 20.1 Å². The first kappa shape index (κ1) is 16.6. The average Bonchev–Trinajstić information content (AvgIpc) is 3.34. The van der Waals surface area contributed by atoms with Crippen molar-refractivity contribution in [3.05, 3.63) is 0 Å². The van der Waals surface area contributed by atoms with Crippen LogP contribution in [0.15, 0.2) is 5.16 Å². The Bertz CT molecular complexity index is 540. The lowest BCUT2D eigenvalue weighted by atomic mass is 10.2. The van der Waals surface area contributed by atoms with Gasteiger partial charge in [0.25, 0.3) is 0 Å². The molecule has 1 aromatic rings. The van der Waals surface area contributed by atoms with Crippen molar-refractivity contribution in [1.29, 1.82) is 0 Å². The molecule has 1 aliphatic heterocycles. The number of nitrogens with one attached hydrogen (secondary N) is 1. The number of nitrogens with zero attached hydrogens (tertiary/aromatic N) is 4. The van der Waals surface area contributed by atoms with Gasteiger partial charge in [0.05, 0.1) is 19.0 Å². The number of carbonyl (C=O) groups excluding carboxylic acids is 1. The summed E-state index contributed by atoms with van der Waals surface area (Å²) in [7, 11) is 0. The van der Waals surface area contributed by atoms with E-state index in [4.69, 9.17) is 4.74 Å². The zero-order chi connectivity index (χ0) is 16.2. The van der Waals surface area contributed by atoms with E-state index in [9.17, 15) is 4.79 Å². The molecule has 1 aliphatic carbocycles. The van der Waals surface area contributed by atoms with Crippen molar-refractivity contribution >= 4 is 23.6 Å². The Hall–Kier alpha value is -1.28. The van der Waals surface area contributed by atoms with Crippen molar-refractivity contribution in [3.8, 4) is 0 Å². The normalized spacial score (nSPS) is 19.7. The van der Waals surface area contributed by atoms with E-state index in [1.807, 2.05) is 0 Å². The molecule has 1 aromatic heterocycles. The van der Waals surface area contributed by atoms with Crippen LogP contribution in [-0.2, 0) is 16.1 Å². The first-order chi connectivity index (χ1) is 11.2. The fourth-order valence-electron chi connectivity index (χ4n) is 2.80. The lowest BCUT2D eigenvalue weighted by Gasteiger charge is -2.27. The highest BCUT2D eigenvalue weighted by Gasteiger charge is 2.29. The standard InChI is InChI=1S/C15H25N5O2S/c1-3-20-14(19-6-8-22-9-7-19)17-18-15(20)23-10-13(21)16-11(2)12-4-5-12/h11-12H,3-10H2,1-2H3,(H,16,21)/t11-/m1/s1. The minimum atomic E-state index is 0.0768. The first-order valence-electron chi connectivity index (χ1n) is 8.37. The molecule has 1 atom stereocenters. The second-order valence-electron chi connectivity index (χ2n) is 6.11. The fourth-order valence-corrected chi connectivity index (χ4v) is 3.61. The fraction of sp³-hybridized carbons (Fsp3) is 0.800. The van der Waals surface area contributed by atoms with Gasteiger partial charge in [-0.2, -0.15) is 0 Å². The number of aromatic nitrogens is 3. The van der Waals surface area contributed by atoms with Gasteiger partial charge in [0.15, 0.2) is 5.16 Å². The van der Waals surface area contributed by atoms with Gasteiger partial charge in [-0.1, -0.05) is 11.8 Å². The Morgan fingerprint density at radius 1 is 1.39 bits per heavy atom. The number of amides is 1. The average molecular weight is 339 g/mol. The summed E-state index contributed by atoms with van der Waals surface area (Å²) in [5.41, 5.74) is 0. The maximum absolute atomic E-state index is 12.1. The second kappa shape index (κ2) is 7.53. The number of ether oxygens (including phenoxy) is 1. The number of morpholine rings is 1. The number of thioether (sulfide) groups is 1. The van der Waals surface area contributed by atoms with E-state index in [1.54, 1.807) is 0 Å². The second-order valence-corrected chi connectivity index (χ2v) is 7.05. The van der Waals surface area contributed by atoms with Crippen LogP contribution in [0.1, 0.15) is 26.7 Å². The molecule has 1 amide bonds. The van der Waals surface area contributed by atoms with Crippen molar-refractivity contribution in [2.45, 2.75) is 44.4 Å². The number of hydrogen-bond acceptors (Lipinski definition) is 6. The van der Waals surface area contributed by atoms with E-state index in [2.05, 4.69) is 38.8 Å². The molecule has 8 heteroatoms. The highest BCUT2D eigenvalue weighted by atomic mass is 32.2. The molecule has 1 saturated carbocycles. The number of rotatable bonds is 7. The summed E-state index contributed by atoms with van der Waals surface area (Å²) in [6.45, 7) is 8.07. The van der Waals surface area contributed by atoms with Gasteiger partial charge in [-0.3, -0.25) is 9.36 Å². The molecule has 7 nitrogen and oxygen atoms in total. The molecule has 3 rings (SSSR count). The molecule has 1 N–H and O–H groups in total. The Morgan fingerprint density at radius 3 is 2.78 bits per heavy atom. The number of anilines is 1. The number of hydrogen-bond donors (Lipinski definition) is 1. The Kier molecular flexibility index (Phi) is 5.42. The van der Waals surface area contributed by atoms with Gasteiger partial charge in [0.2, 0.25) is 11.9 Å². The number of carbonyl (C=O) groups is 1.